The van der Waals surface area contributed by atoms with E-state index in [1.54, 1.807) is 36.6 Å². The molecule has 0 saturated carbocycles. The second-order valence-electron chi connectivity index (χ2n) is 10.1. The number of piperidine rings is 1. The molecule has 3 heterocycles. The monoisotopic (exact) mass is 499 g/mol. The van der Waals surface area contributed by atoms with Crippen molar-refractivity contribution in [2.45, 2.75) is 66.4 Å². The summed E-state index contributed by atoms with van der Waals surface area (Å²) in [6.45, 7) is 13.1. The average molecular weight is 500 g/mol. The molecule has 1 atom stereocenters. The van der Waals surface area contributed by atoms with E-state index in [0.29, 0.717) is 39.1 Å². The highest BCUT2D eigenvalue weighted by Gasteiger charge is 2.45. The second kappa shape index (κ2) is 13.1. The number of nitrogens with two attached hydrogens (primary N) is 1. The van der Waals surface area contributed by atoms with Gasteiger partial charge in [-0.25, -0.2) is 4.79 Å². The predicted octanol–water partition coefficient (Wildman–Crippen LogP) is 4.74. The molecule has 1 aliphatic rings. The molecule has 0 spiro atoms. The molecule has 3 N–H and O–H groups in total. The van der Waals surface area contributed by atoms with Gasteiger partial charge in [-0.15, -0.1) is 0 Å². The molecule has 36 heavy (non-hydrogen) atoms. The zero-order valence-electron chi connectivity index (χ0n) is 22.5. The van der Waals surface area contributed by atoms with Crippen molar-refractivity contribution < 1.29 is 19.1 Å². The summed E-state index contributed by atoms with van der Waals surface area (Å²) in [7, 11) is 0. The highest BCUT2D eigenvalue weighted by molar-refractivity contribution is 5.79. The van der Waals surface area contributed by atoms with Gasteiger partial charge in [0.2, 0.25) is 0 Å². The van der Waals surface area contributed by atoms with Crippen molar-refractivity contribution in [2.75, 3.05) is 37.3 Å². The van der Waals surface area contributed by atoms with Crippen molar-refractivity contribution in [1.29, 1.82) is 0 Å². The first kappa shape index (κ1) is 28.9. The first-order chi connectivity index (χ1) is 17.0. The molecule has 3 rings (SSSR count). The molecule has 2 aromatic rings. The average Bonchev–Trinajstić information content (AvgIpc) is 2.82. The van der Waals surface area contributed by atoms with Crippen LogP contribution < -0.4 is 11.1 Å². The van der Waals surface area contributed by atoms with E-state index in [1.165, 1.54) is 0 Å². The molecule has 0 bridgehead atoms. The van der Waals surface area contributed by atoms with Gasteiger partial charge in [-0.1, -0.05) is 0 Å². The molecular weight excluding hydrogens is 458 g/mol. The lowest BCUT2D eigenvalue weighted by Gasteiger charge is -2.41. The Morgan fingerprint density at radius 3 is 2.36 bits per heavy atom. The van der Waals surface area contributed by atoms with Crippen LogP contribution in [0.5, 0.6) is 0 Å². The fourth-order valence-electron chi connectivity index (χ4n) is 3.93. The summed E-state index contributed by atoms with van der Waals surface area (Å²) in [5, 5.41) is 3.36. The van der Waals surface area contributed by atoms with Crippen molar-refractivity contribution >= 4 is 23.4 Å². The number of rotatable bonds is 6. The Balaban J connectivity index is 0.000000482. The molecule has 0 aromatic carbocycles. The first-order valence-corrected chi connectivity index (χ1v) is 12.4. The number of nitrogens with one attached hydrogen (secondary N) is 1. The van der Waals surface area contributed by atoms with Gasteiger partial charge in [-0.2, -0.15) is 0 Å². The molecule has 1 fully saturated rings. The van der Waals surface area contributed by atoms with Crippen LogP contribution in [0.3, 0.4) is 0 Å². The third-order valence-electron chi connectivity index (χ3n) is 5.97. The molecule has 2 aromatic heterocycles. The number of carbonyl (C=O) groups is 2. The van der Waals surface area contributed by atoms with E-state index in [9.17, 15) is 9.59 Å². The Hall–Kier alpha value is -3.36. The molecule has 0 radical (unpaired) electrons. The largest absolute Gasteiger partial charge is 0.466 e. The van der Waals surface area contributed by atoms with Crippen LogP contribution in [0.2, 0.25) is 0 Å². The fourth-order valence-corrected chi connectivity index (χ4v) is 3.93. The molecule has 9 heteroatoms. The Morgan fingerprint density at radius 1 is 1.14 bits per heavy atom. The lowest BCUT2D eigenvalue weighted by atomic mass is 9.77. The van der Waals surface area contributed by atoms with Gasteiger partial charge in [0.1, 0.15) is 5.60 Å². The summed E-state index contributed by atoms with van der Waals surface area (Å²) in [4.78, 5) is 35.0. The van der Waals surface area contributed by atoms with Gasteiger partial charge < -0.3 is 25.4 Å². The van der Waals surface area contributed by atoms with Gasteiger partial charge >= 0.3 is 12.1 Å². The molecule has 1 unspecified atom stereocenters. The highest BCUT2D eigenvalue weighted by atomic mass is 16.6. The Bertz CT molecular complexity index is 987. The summed E-state index contributed by atoms with van der Waals surface area (Å²) < 4.78 is 10.9. The quantitative estimate of drug-likeness (QED) is 0.547. The van der Waals surface area contributed by atoms with Gasteiger partial charge in [0, 0.05) is 38.2 Å². The lowest BCUT2D eigenvalue weighted by molar-refractivity contribution is -0.159. The molecule has 1 saturated heterocycles. The van der Waals surface area contributed by atoms with E-state index < -0.39 is 11.0 Å². The number of nitrogens with zero attached hydrogens (tertiary/aromatic N) is 3. The van der Waals surface area contributed by atoms with Crippen molar-refractivity contribution in [1.82, 2.24) is 14.9 Å². The number of ether oxygens (including phenoxy) is 2. The van der Waals surface area contributed by atoms with E-state index in [0.717, 1.165) is 28.9 Å². The van der Waals surface area contributed by atoms with Crippen LogP contribution in [-0.2, 0) is 14.3 Å². The number of hydrogen-bond acceptors (Lipinski definition) is 8. The predicted molar refractivity (Wildman–Crippen MR) is 142 cm³/mol. The summed E-state index contributed by atoms with van der Waals surface area (Å²) in [5.74, 6) is -0.243. The molecule has 1 amide bonds. The van der Waals surface area contributed by atoms with Gasteiger partial charge in [0.05, 0.1) is 29.6 Å². The van der Waals surface area contributed by atoms with Crippen molar-refractivity contribution in [3.63, 3.8) is 0 Å². The Kier molecular flexibility index (Phi) is 10.5. The van der Waals surface area contributed by atoms with E-state index in [1.807, 2.05) is 46.8 Å². The molecule has 198 valence electrons. The third-order valence-corrected chi connectivity index (χ3v) is 5.97. The second-order valence-corrected chi connectivity index (χ2v) is 10.1. The summed E-state index contributed by atoms with van der Waals surface area (Å²) >= 11 is 0. The number of esters is 1. The van der Waals surface area contributed by atoms with Crippen LogP contribution in [0.4, 0.5) is 16.2 Å². The van der Waals surface area contributed by atoms with Gasteiger partial charge in [0.25, 0.3) is 0 Å². The van der Waals surface area contributed by atoms with Crippen LogP contribution in [0.15, 0.2) is 36.9 Å². The maximum absolute atomic E-state index is 12.8. The standard InChI is InChI=1S/C21H33N3O4.C6H8N2/c1-6-27-18(25)21(10-12-23-17-14-22-11-8-16(17)2)9-7-13-24(15-21)19(26)28-20(3,4)5;1-5-2-3-8-4-6(5)7/h8,11,14,23H,6-7,9-10,12-13,15H2,1-5H3;2-4H,7H2,1H3. The van der Waals surface area contributed by atoms with Crippen molar-refractivity contribution in [2.24, 2.45) is 5.41 Å². The van der Waals surface area contributed by atoms with Gasteiger partial charge in [0.15, 0.2) is 0 Å². The van der Waals surface area contributed by atoms with Crippen LogP contribution in [0.1, 0.15) is 58.1 Å². The van der Waals surface area contributed by atoms with E-state index >= 15 is 0 Å². The first-order valence-electron chi connectivity index (χ1n) is 12.4. The normalized spacial score (nSPS) is 17.4. The number of aromatic nitrogens is 2. The molecule has 0 aliphatic carbocycles. The number of amides is 1. The molecule has 9 nitrogen and oxygen atoms in total. The molecular formula is C27H41N5O4. The summed E-state index contributed by atoms with van der Waals surface area (Å²) in [6, 6.07) is 3.82. The van der Waals surface area contributed by atoms with Gasteiger partial charge in [-0.05, 0) is 84.1 Å². The van der Waals surface area contributed by atoms with E-state index in [2.05, 4.69) is 15.3 Å². The summed E-state index contributed by atoms with van der Waals surface area (Å²) in [6.07, 6.45) is 8.53. The SMILES string of the molecule is CCOC(=O)C1(CCNc2cnccc2C)CCCN(C(=O)OC(C)(C)C)C1.Cc1ccncc1N. The zero-order valence-corrected chi connectivity index (χ0v) is 22.5. The minimum Gasteiger partial charge on any atom is -0.466 e. The maximum Gasteiger partial charge on any atom is 0.410 e. The van der Waals surface area contributed by atoms with E-state index in [-0.39, 0.29) is 12.1 Å². The number of nitrogen functional groups attached to an aromatic ring is 1. The number of anilines is 2. The Labute approximate surface area is 214 Å². The zero-order chi connectivity index (χ0) is 26.8. The van der Waals surface area contributed by atoms with Crippen LogP contribution in [-0.4, -0.2) is 58.8 Å². The third kappa shape index (κ3) is 8.70. The van der Waals surface area contributed by atoms with Crippen molar-refractivity contribution in [3.05, 3.63) is 48.0 Å². The minimum atomic E-state index is -0.728. The number of aryl methyl sites for hydroxylation is 2. The highest BCUT2D eigenvalue weighted by Crippen LogP contribution is 2.36. The van der Waals surface area contributed by atoms with Crippen molar-refractivity contribution in [3.8, 4) is 0 Å². The fraction of sp³-hybridized carbons (Fsp3) is 0.556. The minimum absolute atomic E-state index is 0.243. The van der Waals surface area contributed by atoms with Gasteiger partial charge in [-0.3, -0.25) is 14.8 Å². The Morgan fingerprint density at radius 2 is 1.81 bits per heavy atom. The van der Waals surface area contributed by atoms with Crippen LogP contribution in [0.25, 0.3) is 0 Å². The maximum atomic E-state index is 12.8. The van der Waals surface area contributed by atoms with E-state index in [4.69, 9.17) is 15.2 Å². The van der Waals surface area contributed by atoms with Crippen LogP contribution in [0, 0.1) is 19.3 Å². The lowest BCUT2D eigenvalue weighted by Crippen LogP contribution is -2.52. The number of likely N-dealkylation sites (tertiary alicyclic amines) is 1. The number of pyridine rings is 2. The topological polar surface area (TPSA) is 120 Å². The number of hydrogen-bond donors (Lipinski definition) is 2. The number of carbonyl (C=O) groups excluding carboxylic acids is 2. The van der Waals surface area contributed by atoms with Crippen LogP contribution >= 0.6 is 0 Å². The smallest absolute Gasteiger partial charge is 0.410 e. The summed E-state index contributed by atoms with van der Waals surface area (Å²) in [5.41, 5.74) is 8.04. The molecule has 1 aliphatic heterocycles.